The first-order chi connectivity index (χ1) is 11.6. The van der Waals surface area contributed by atoms with E-state index >= 15 is 0 Å². The molecule has 0 radical (unpaired) electrons. The van der Waals surface area contributed by atoms with E-state index in [4.69, 9.17) is 0 Å². The first kappa shape index (κ1) is 16.9. The Balaban J connectivity index is 1.70. The number of likely N-dealkylation sites (tertiary alicyclic amines) is 2. The lowest BCUT2D eigenvalue weighted by atomic mass is 10.0. The highest BCUT2D eigenvalue weighted by Crippen LogP contribution is 2.21. The fourth-order valence-corrected chi connectivity index (χ4v) is 3.76. The quantitative estimate of drug-likeness (QED) is 0.838. The second-order valence-electron chi connectivity index (χ2n) is 7.12. The summed E-state index contributed by atoms with van der Waals surface area (Å²) in [5.41, 5.74) is 1.01. The van der Waals surface area contributed by atoms with Crippen LogP contribution in [0.3, 0.4) is 0 Å². The van der Waals surface area contributed by atoms with Crippen molar-refractivity contribution in [2.24, 2.45) is 0 Å². The van der Waals surface area contributed by atoms with Crippen molar-refractivity contribution in [3.63, 3.8) is 0 Å². The first-order valence-electron chi connectivity index (χ1n) is 9.16. The Labute approximate surface area is 144 Å². The summed E-state index contributed by atoms with van der Waals surface area (Å²) in [5, 5.41) is 0. The second kappa shape index (κ2) is 7.32. The number of rotatable bonds is 2. The molecule has 0 unspecified atom stereocenters. The van der Waals surface area contributed by atoms with Gasteiger partial charge >= 0.3 is 0 Å². The third-order valence-corrected chi connectivity index (χ3v) is 5.36. The summed E-state index contributed by atoms with van der Waals surface area (Å²) < 4.78 is 0. The maximum Gasteiger partial charge on any atom is 0.272 e. The molecule has 2 aliphatic rings. The molecule has 2 saturated heterocycles. The van der Waals surface area contributed by atoms with Gasteiger partial charge in [-0.15, -0.1) is 0 Å². The average Bonchev–Trinajstić information content (AvgIpc) is 2.61. The van der Waals surface area contributed by atoms with Crippen LogP contribution in [0.4, 0.5) is 0 Å². The predicted octanol–water partition coefficient (Wildman–Crippen LogP) is 3.11. The highest BCUT2D eigenvalue weighted by atomic mass is 16.2. The van der Waals surface area contributed by atoms with Crippen LogP contribution >= 0.6 is 0 Å². The van der Waals surface area contributed by atoms with Crippen molar-refractivity contribution in [3.8, 4) is 0 Å². The molecule has 3 heterocycles. The number of piperidine rings is 2. The summed E-state index contributed by atoms with van der Waals surface area (Å²) in [4.78, 5) is 33.4. The zero-order valence-corrected chi connectivity index (χ0v) is 14.7. The number of nitrogens with zero attached hydrogens (tertiary/aromatic N) is 3. The van der Waals surface area contributed by atoms with Gasteiger partial charge in [-0.25, -0.2) is 0 Å². The third-order valence-electron chi connectivity index (χ3n) is 5.36. The zero-order valence-electron chi connectivity index (χ0n) is 14.7. The molecule has 0 saturated carbocycles. The van der Waals surface area contributed by atoms with Gasteiger partial charge in [0.05, 0.1) is 5.56 Å². The van der Waals surface area contributed by atoms with Crippen LogP contribution in [0, 0.1) is 0 Å². The lowest BCUT2D eigenvalue weighted by molar-refractivity contribution is 0.0618. The van der Waals surface area contributed by atoms with Crippen molar-refractivity contribution >= 4 is 11.8 Å². The Hall–Kier alpha value is -1.91. The van der Waals surface area contributed by atoms with E-state index < -0.39 is 0 Å². The summed E-state index contributed by atoms with van der Waals surface area (Å²) in [6, 6.07) is 4.00. The van der Waals surface area contributed by atoms with Gasteiger partial charge in [0.15, 0.2) is 0 Å². The zero-order chi connectivity index (χ0) is 17.1. The SMILES string of the molecule is C[C@@H]1CCCCN1C(=O)c1ccc(C(=O)N2CCCC[C@H]2C)nc1. The Kier molecular flexibility index (Phi) is 5.17. The molecular weight excluding hydrogens is 302 g/mol. The van der Waals surface area contributed by atoms with Gasteiger partial charge in [-0.1, -0.05) is 0 Å². The van der Waals surface area contributed by atoms with Crippen molar-refractivity contribution < 1.29 is 9.59 Å². The van der Waals surface area contributed by atoms with E-state index in [0.29, 0.717) is 11.3 Å². The lowest BCUT2D eigenvalue weighted by Crippen LogP contribution is -2.43. The molecule has 0 spiro atoms. The molecule has 2 aliphatic heterocycles. The summed E-state index contributed by atoms with van der Waals surface area (Å²) >= 11 is 0. The molecule has 1 aromatic rings. The summed E-state index contributed by atoms with van der Waals surface area (Å²) in [7, 11) is 0. The average molecular weight is 329 g/mol. The molecule has 1 aromatic heterocycles. The Morgan fingerprint density at radius 3 is 2.00 bits per heavy atom. The van der Waals surface area contributed by atoms with E-state index in [9.17, 15) is 9.59 Å². The second-order valence-corrected chi connectivity index (χ2v) is 7.12. The molecule has 0 aliphatic carbocycles. The first-order valence-corrected chi connectivity index (χ1v) is 9.16. The van der Waals surface area contributed by atoms with Gasteiger partial charge in [0.1, 0.15) is 5.69 Å². The molecule has 5 nitrogen and oxygen atoms in total. The normalized spacial score (nSPS) is 24.8. The number of aromatic nitrogens is 1. The van der Waals surface area contributed by atoms with Crippen molar-refractivity contribution in [2.45, 2.75) is 64.5 Å². The van der Waals surface area contributed by atoms with Gasteiger partial charge in [-0.2, -0.15) is 0 Å². The van der Waals surface area contributed by atoms with Gasteiger partial charge in [0.25, 0.3) is 11.8 Å². The van der Waals surface area contributed by atoms with Crippen LogP contribution in [0.25, 0.3) is 0 Å². The maximum absolute atomic E-state index is 12.6. The molecule has 0 N–H and O–H groups in total. The largest absolute Gasteiger partial charge is 0.336 e. The van der Waals surface area contributed by atoms with Crippen molar-refractivity contribution in [1.29, 1.82) is 0 Å². The molecule has 2 fully saturated rings. The number of pyridine rings is 1. The minimum absolute atomic E-state index is 0.0208. The molecule has 2 atom stereocenters. The van der Waals surface area contributed by atoms with E-state index in [1.54, 1.807) is 18.3 Å². The van der Waals surface area contributed by atoms with Crippen LogP contribution in [0.15, 0.2) is 18.3 Å². The van der Waals surface area contributed by atoms with Crippen LogP contribution in [0.5, 0.6) is 0 Å². The third kappa shape index (κ3) is 3.45. The van der Waals surface area contributed by atoms with E-state index in [1.807, 2.05) is 9.80 Å². The van der Waals surface area contributed by atoms with Crippen molar-refractivity contribution in [3.05, 3.63) is 29.6 Å². The maximum atomic E-state index is 12.6. The topological polar surface area (TPSA) is 53.5 Å². The van der Waals surface area contributed by atoms with Crippen LogP contribution in [0.2, 0.25) is 0 Å². The highest BCUT2D eigenvalue weighted by Gasteiger charge is 2.27. The number of amides is 2. The number of carbonyl (C=O) groups excluding carboxylic acids is 2. The van der Waals surface area contributed by atoms with Crippen LogP contribution in [-0.2, 0) is 0 Å². The summed E-state index contributed by atoms with van der Waals surface area (Å²) in [6.07, 6.45) is 8.15. The molecule has 3 rings (SSSR count). The monoisotopic (exact) mass is 329 g/mol. The number of hydrogen-bond acceptors (Lipinski definition) is 3. The fraction of sp³-hybridized carbons (Fsp3) is 0.632. The minimum Gasteiger partial charge on any atom is -0.336 e. The van der Waals surface area contributed by atoms with Crippen LogP contribution in [0.1, 0.15) is 73.2 Å². The fourth-order valence-electron chi connectivity index (χ4n) is 3.76. The Morgan fingerprint density at radius 2 is 1.50 bits per heavy atom. The molecule has 0 aromatic carbocycles. The molecule has 0 bridgehead atoms. The molecule has 5 heteroatoms. The number of carbonyl (C=O) groups is 2. The molecule has 24 heavy (non-hydrogen) atoms. The van der Waals surface area contributed by atoms with Gasteiger partial charge in [0, 0.05) is 31.4 Å². The minimum atomic E-state index is -0.0208. The molecular formula is C19H27N3O2. The predicted molar refractivity (Wildman–Crippen MR) is 92.9 cm³/mol. The van der Waals surface area contributed by atoms with Gasteiger partial charge in [0.2, 0.25) is 0 Å². The summed E-state index contributed by atoms with van der Waals surface area (Å²) in [5.74, 6) is 0.00702. The van der Waals surface area contributed by atoms with Gasteiger partial charge in [-0.3, -0.25) is 14.6 Å². The highest BCUT2D eigenvalue weighted by molar-refractivity contribution is 5.96. The van der Waals surface area contributed by atoms with E-state index in [2.05, 4.69) is 18.8 Å². The smallest absolute Gasteiger partial charge is 0.272 e. The lowest BCUT2D eigenvalue weighted by Gasteiger charge is -2.34. The van der Waals surface area contributed by atoms with Crippen LogP contribution in [-0.4, -0.2) is 51.8 Å². The molecule has 130 valence electrons. The number of hydrogen-bond donors (Lipinski definition) is 0. The van der Waals surface area contributed by atoms with Crippen molar-refractivity contribution in [2.75, 3.05) is 13.1 Å². The van der Waals surface area contributed by atoms with Crippen LogP contribution < -0.4 is 0 Å². The molecule has 2 amide bonds. The van der Waals surface area contributed by atoms with Gasteiger partial charge in [-0.05, 0) is 64.5 Å². The van der Waals surface area contributed by atoms with Crippen molar-refractivity contribution in [1.82, 2.24) is 14.8 Å². The summed E-state index contributed by atoms with van der Waals surface area (Å²) in [6.45, 7) is 5.80. The van der Waals surface area contributed by atoms with E-state index in [1.165, 1.54) is 12.8 Å². The standard InChI is InChI=1S/C19H27N3O2/c1-14-7-3-5-11-21(14)18(23)16-9-10-17(20-13-16)19(24)22-12-6-4-8-15(22)2/h9-10,13-15H,3-8,11-12H2,1-2H3/t14-,15-/m1/s1. The Morgan fingerprint density at radius 1 is 0.917 bits per heavy atom. The van der Waals surface area contributed by atoms with E-state index in [-0.39, 0.29) is 23.9 Å². The van der Waals surface area contributed by atoms with Gasteiger partial charge < -0.3 is 9.80 Å². The van der Waals surface area contributed by atoms with E-state index in [0.717, 1.165) is 38.8 Å². The Bertz CT molecular complexity index is 546.